The fourth-order valence-electron chi connectivity index (χ4n) is 2.06. The average molecular weight is 367 g/mol. The van der Waals surface area contributed by atoms with E-state index in [2.05, 4.69) is 54.0 Å². The van der Waals surface area contributed by atoms with Crippen molar-refractivity contribution in [3.05, 3.63) is 48.6 Å². The minimum atomic E-state index is -2.82. The van der Waals surface area contributed by atoms with Crippen molar-refractivity contribution >= 4 is 14.2 Å². The van der Waals surface area contributed by atoms with E-state index < -0.39 is 14.2 Å². The Morgan fingerprint density at radius 1 is 0.840 bits per heavy atom. The molecule has 0 aromatic rings. The first kappa shape index (κ1) is 23.5. The molecule has 0 aliphatic heterocycles. The lowest BCUT2D eigenvalue weighted by molar-refractivity contribution is -0.134. The minimum absolute atomic E-state index is 0.166. The van der Waals surface area contributed by atoms with Crippen LogP contribution in [0.2, 0.25) is 0 Å². The summed E-state index contributed by atoms with van der Waals surface area (Å²) in [5.74, 6) is -0.625. The van der Waals surface area contributed by atoms with Crippen molar-refractivity contribution in [2.45, 2.75) is 71.1 Å². The summed E-state index contributed by atoms with van der Waals surface area (Å²) in [6.07, 6.45) is 26.6. The van der Waals surface area contributed by atoms with Crippen LogP contribution in [0.1, 0.15) is 71.1 Å². The summed E-state index contributed by atoms with van der Waals surface area (Å²) in [4.78, 5) is 19.4. The highest BCUT2D eigenvalue weighted by Gasteiger charge is 2.18. The third kappa shape index (κ3) is 20.4. The van der Waals surface area contributed by atoms with Crippen LogP contribution in [-0.4, -0.2) is 10.9 Å². The van der Waals surface area contributed by atoms with Crippen LogP contribution in [0.5, 0.6) is 0 Å². The van der Waals surface area contributed by atoms with E-state index in [1.807, 2.05) is 6.08 Å². The Balaban J connectivity index is 3.49. The van der Waals surface area contributed by atoms with Crippen LogP contribution >= 0.6 is 8.25 Å². The molecule has 0 saturated heterocycles. The van der Waals surface area contributed by atoms with Gasteiger partial charge in [0.25, 0.3) is 0 Å². The molecule has 0 spiro atoms. The van der Waals surface area contributed by atoms with Gasteiger partial charge in [-0.2, -0.15) is 4.52 Å². The molecule has 0 heterocycles. The standard InChI is InChI=1S/C20H31O4P/c1-2-3-4-5-6-7-8-9-10-11-12-13-14-15-16-17-18-19-20(21)24-25(22)23/h6-7,9-10,12-13,15-16H,2-5,8,11,14,17-19H2,1H3/p+1. The molecule has 4 nitrogen and oxygen atoms in total. The molecule has 1 N–H and O–H groups in total. The Morgan fingerprint density at radius 3 is 1.80 bits per heavy atom. The smallest absolute Gasteiger partial charge is 0.247 e. The third-order valence-corrected chi connectivity index (χ3v) is 3.75. The topological polar surface area (TPSA) is 63.6 Å². The van der Waals surface area contributed by atoms with Gasteiger partial charge in [0, 0.05) is 4.57 Å². The van der Waals surface area contributed by atoms with Gasteiger partial charge in [0.2, 0.25) is 0 Å². The first-order valence-electron chi connectivity index (χ1n) is 9.13. The third-order valence-electron chi connectivity index (χ3n) is 3.39. The Labute approximate surface area is 153 Å². The number of carbonyl (C=O) groups is 1. The molecule has 0 amide bonds. The molecule has 25 heavy (non-hydrogen) atoms. The van der Waals surface area contributed by atoms with E-state index in [0.29, 0.717) is 6.42 Å². The summed E-state index contributed by atoms with van der Waals surface area (Å²) >= 11 is 0. The monoisotopic (exact) mass is 367 g/mol. The molecule has 1 atom stereocenters. The summed E-state index contributed by atoms with van der Waals surface area (Å²) in [6, 6.07) is 0. The van der Waals surface area contributed by atoms with Crippen molar-refractivity contribution in [1.82, 2.24) is 0 Å². The van der Waals surface area contributed by atoms with E-state index in [0.717, 1.165) is 25.7 Å². The second kappa shape index (κ2) is 18.8. The number of carbonyl (C=O) groups excluding carboxylic acids is 1. The molecule has 0 aromatic heterocycles. The molecule has 5 heteroatoms. The van der Waals surface area contributed by atoms with Crippen LogP contribution in [0.15, 0.2) is 48.6 Å². The summed E-state index contributed by atoms with van der Waals surface area (Å²) < 4.78 is 14.4. The van der Waals surface area contributed by atoms with Gasteiger partial charge in [0.15, 0.2) is 0 Å². The maximum atomic E-state index is 11.0. The number of hydrogen-bond acceptors (Lipinski definition) is 3. The largest absolute Gasteiger partial charge is 0.750 e. The van der Waals surface area contributed by atoms with Gasteiger partial charge in [-0.1, -0.05) is 68.4 Å². The highest BCUT2D eigenvalue weighted by atomic mass is 31.1. The van der Waals surface area contributed by atoms with Gasteiger partial charge < -0.3 is 0 Å². The van der Waals surface area contributed by atoms with E-state index >= 15 is 0 Å². The highest BCUT2D eigenvalue weighted by Crippen LogP contribution is 2.16. The van der Waals surface area contributed by atoms with Gasteiger partial charge in [0.1, 0.15) is 0 Å². The molecule has 0 aromatic carbocycles. The summed E-state index contributed by atoms with van der Waals surface area (Å²) in [5.41, 5.74) is 0. The van der Waals surface area contributed by atoms with Gasteiger partial charge in [-0.05, 0) is 44.9 Å². The Morgan fingerprint density at radius 2 is 1.32 bits per heavy atom. The van der Waals surface area contributed by atoms with E-state index in [4.69, 9.17) is 4.89 Å². The second-order valence-corrected chi connectivity index (χ2v) is 6.34. The number of unbranched alkanes of at least 4 members (excludes halogenated alkanes) is 4. The lowest BCUT2D eigenvalue weighted by atomic mass is 10.2. The van der Waals surface area contributed by atoms with Gasteiger partial charge in [-0.25, -0.2) is 4.79 Å². The lowest BCUT2D eigenvalue weighted by Gasteiger charge is -1.91. The molecule has 0 radical (unpaired) electrons. The van der Waals surface area contributed by atoms with E-state index in [9.17, 15) is 9.36 Å². The number of hydrogen-bond donors (Lipinski definition) is 1. The summed E-state index contributed by atoms with van der Waals surface area (Å²) in [7, 11) is -2.82. The molecule has 0 aliphatic rings. The molecule has 0 saturated carbocycles. The number of rotatable bonds is 15. The van der Waals surface area contributed by atoms with Crippen LogP contribution < -0.4 is 0 Å². The van der Waals surface area contributed by atoms with Crippen molar-refractivity contribution in [2.75, 3.05) is 0 Å². The first-order valence-corrected chi connectivity index (χ1v) is 10.3. The molecule has 0 aliphatic carbocycles. The lowest BCUT2D eigenvalue weighted by Crippen LogP contribution is -1.97. The van der Waals surface area contributed by atoms with Crippen molar-refractivity contribution in [3.63, 3.8) is 0 Å². The van der Waals surface area contributed by atoms with Crippen molar-refractivity contribution in [1.29, 1.82) is 0 Å². The Kier molecular flexibility index (Phi) is 17.7. The molecule has 0 bridgehead atoms. The fourth-order valence-corrected chi connectivity index (χ4v) is 2.32. The quantitative estimate of drug-likeness (QED) is 0.209. The minimum Gasteiger partial charge on any atom is -0.247 e. The fraction of sp³-hybridized carbons (Fsp3) is 0.550. The summed E-state index contributed by atoms with van der Waals surface area (Å²) in [5, 5.41) is 0. The highest BCUT2D eigenvalue weighted by molar-refractivity contribution is 7.32. The average Bonchev–Trinajstić information content (AvgIpc) is 2.57. The summed E-state index contributed by atoms with van der Waals surface area (Å²) in [6.45, 7) is 2.22. The molecule has 0 rings (SSSR count). The molecule has 140 valence electrons. The maximum absolute atomic E-state index is 11.0. The molecule has 1 unspecified atom stereocenters. The zero-order valence-corrected chi connectivity index (χ0v) is 16.2. The van der Waals surface area contributed by atoms with Gasteiger partial charge >= 0.3 is 14.2 Å². The Bertz CT molecular complexity index is 464. The maximum Gasteiger partial charge on any atom is 0.750 e. The zero-order chi connectivity index (χ0) is 18.6. The van der Waals surface area contributed by atoms with Gasteiger partial charge in [-0.15, -0.1) is 4.89 Å². The van der Waals surface area contributed by atoms with Crippen LogP contribution in [0.25, 0.3) is 0 Å². The van der Waals surface area contributed by atoms with Crippen molar-refractivity contribution in [2.24, 2.45) is 0 Å². The molecular weight excluding hydrogens is 335 g/mol. The predicted molar refractivity (Wildman–Crippen MR) is 104 cm³/mol. The zero-order valence-electron chi connectivity index (χ0n) is 15.3. The van der Waals surface area contributed by atoms with Crippen molar-refractivity contribution in [3.8, 4) is 0 Å². The SMILES string of the molecule is CCCCCC=CCC=CCC=CCC=CCCCC(=O)O[P+](=O)O. The second-order valence-electron chi connectivity index (χ2n) is 5.68. The Hall–Kier alpha value is -1.51. The van der Waals surface area contributed by atoms with Crippen molar-refractivity contribution < 1.29 is 18.8 Å². The molecular formula is C20H32O4P+. The van der Waals surface area contributed by atoms with Crippen LogP contribution in [0.4, 0.5) is 0 Å². The molecule has 0 fully saturated rings. The van der Waals surface area contributed by atoms with Crippen LogP contribution in [0, 0.1) is 0 Å². The van der Waals surface area contributed by atoms with E-state index in [-0.39, 0.29) is 6.42 Å². The predicted octanol–water partition coefficient (Wildman–Crippen LogP) is 6.33. The van der Waals surface area contributed by atoms with E-state index in [1.165, 1.54) is 25.7 Å². The van der Waals surface area contributed by atoms with Gasteiger partial charge in [-0.3, -0.25) is 0 Å². The normalized spacial score (nSPS) is 12.8. The van der Waals surface area contributed by atoms with E-state index in [1.54, 1.807) is 0 Å². The van der Waals surface area contributed by atoms with Gasteiger partial charge in [0.05, 0.1) is 6.42 Å². The van der Waals surface area contributed by atoms with Crippen LogP contribution in [-0.2, 0) is 13.9 Å². The number of allylic oxidation sites excluding steroid dienone is 8. The first-order chi connectivity index (χ1) is 12.2. The van der Waals surface area contributed by atoms with Crippen LogP contribution in [0.3, 0.4) is 0 Å².